The first-order chi connectivity index (χ1) is 22.1. The average Bonchev–Trinajstić information content (AvgIpc) is 3.04. The van der Waals surface area contributed by atoms with Crippen LogP contribution in [0.15, 0.2) is 42.5 Å². The number of benzene rings is 2. The van der Waals surface area contributed by atoms with Gasteiger partial charge >= 0.3 is 6.03 Å². The Morgan fingerprint density at radius 2 is 1.67 bits per heavy atom. The summed E-state index contributed by atoms with van der Waals surface area (Å²) >= 11 is 0. The largest absolute Gasteiger partial charge is 0.490 e. The van der Waals surface area contributed by atoms with Crippen molar-refractivity contribution in [1.29, 1.82) is 0 Å². The molecular formula is C36H53FN4O5. The van der Waals surface area contributed by atoms with Crippen LogP contribution in [0.5, 0.6) is 5.75 Å². The van der Waals surface area contributed by atoms with Crippen molar-refractivity contribution in [1.82, 2.24) is 9.80 Å². The van der Waals surface area contributed by atoms with Gasteiger partial charge in [-0.1, -0.05) is 26.2 Å². The molecule has 3 amide bonds. The van der Waals surface area contributed by atoms with Crippen molar-refractivity contribution >= 4 is 23.3 Å². The summed E-state index contributed by atoms with van der Waals surface area (Å²) in [5.41, 5.74) is 1.14. The second-order valence-corrected chi connectivity index (χ2v) is 13.3. The fourth-order valence-corrected chi connectivity index (χ4v) is 6.48. The number of aliphatic hydroxyl groups is 1. The van der Waals surface area contributed by atoms with Crippen molar-refractivity contribution in [3.63, 3.8) is 0 Å². The molecule has 0 spiro atoms. The van der Waals surface area contributed by atoms with Crippen molar-refractivity contribution in [2.75, 3.05) is 50.5 Å². The van der Waals surface area contributed by atoms with E-state index >= 15 is 0 Å². The van der Waals surface area contributed by atoms with Crippen molar-refractivity contribution in [3.05, 3.63) is 53.8 Å². The van der Waals surface area contributed by atoms with Gasteiger partial charge in [0.15, 0.2) is 0 Å². The zero-order valence-corrected chi connectivity index (χ0v) is 28.0. The third-order valence-corrected chi connectivity index (χ3v) is 9.20. The Morgan fingerprint density at radius 3 is 2.39 bits per heavy atom. The number of carbonyl (C=O) groups is 2. The number of hydrogen-bond acceptors (Lipinski definition) is 6. The molecule has 1 saturated carbocycles. The molecule has 2 aliphatic rings. The van der Waals surface area contributed by atoms with Gasteiger partial charge in [0, 0.05) is 43.5 Å². The van der Waals surface area contributed by atoms with Crippen LogP contribution in [0.25, 0.3) is 0 Å². The number of nitrogens with one attached hydrogen (secondary N) is 2. The van der Waals surface area contributed by atoms with Crippen molar-refractivity contribution in [3.8, 4) is 5.75 Å². The normalized spacial score (nSPS) is 22.8. The highest BCUT2D eigenvalue weighted by atomic mass is 19.1. The summed E-state index contributed by atoms with van der Waals surface area (Å²) in [5, 5.41) is 15.7. The molecule has 1 heterocycles. The molecule has 254 valence electrons. The van der Waals surface area contributed by atoms with E-state index in [1.165, 1.54) is 56.4 Å². The lowest BCUT2D eigenvalue weighted by Crippen LogP contribution is -2.47. The number of carbonyl (C=O) groups excluding carboxylic acids is 2. The maximum absolute atomic E-state index is 14.3. The van der Waals surface area contributed by atoms with Gasteiger partial charge in [-0.25, -0.2) is 9.18 Å². The van der Waals surface area contributed by atoms with Crippen LogP contribution < -0.4 is 15.4 Å². The summed E-state index contributed by atoms with van der Waals surface area (Å²) in [4.78, 5) is 31.2. The highest BCUT2D eigenvalue weighted by molar-refractivity contribution is 6.02. The predicted molar refractivity (Wildman–Crippen MR) is 180 cm³/mol. The highest BCUT2D eigenvalue weighted by Gasteiger charge is 2.31. The Labute approximate surface area is 273 Å². The van der Waals surface area contributed by atoms with Gasteiger partial charge in [0.2, 0.25) is 0 Å². The first-order valence-electron chi connectivity index (χ1n) is 17.0. The number of nitrogens with zero attached hydrogens (tertiary/aromatic N) is 2. The Balaban J connectivity index is 1.56. The molecule has 1 fully saturated rings. The van der Waals surface area contributed by atoms with E-state index in [1.807, 2.05) is 13.8 Å². The predicted octanol–water partition coefficient (Wildman–Crippen LogP) is 6.78. The number of hydrogen-bond donors (Lipinski definition) is 3. The van der Waals surface area contributed by atoms with Crippen LogP contribution in [0.3, 0.4) is 0 Å². The Bertz CT molecular complexity index is 1260. The van der Waals surface area contributed by atoms with Crippen LogP contribution in [0.2, 0.25) is 0 Å². The van der Waals surface area contributed by atoms with Crippen molar-refractivity contribution in [2.45, 2.75) is 90.4 Å². The monoisotopic (exact) mass is 640 g/mol. The van der Waals surface area contributed by atoms with Crippen LogP contribution in [0, 0.1) is 17.7 Å². The lowest BCUT2D eigenvalue weighted by Gasteiger charge is -2.36. The lowest BCUT2D eigenvalue weighted by molar-refractivity contribution is -0.0190. The molecule has 10 heteroatoms. The minimum atomic E-state index is -0.527. The van der Waals surface area contributed by atoms with Gasteiger partial charge in [-0.05, 0) is 101 Å². The maximum atomic E-state index is 14.3. The van der Waals surface area contributed by atoms with E-state index in [2.05, 4.69) is 29.5 Å². The van der Waals surface area contributed by atoms with Crippen LogP contribution in [-0.4, -0.2) is 85.0 Å². The van der Waals surface area contributed by atoms with Crippen LogP contribution >= 0.6 is 0 Å². The third-order valence-electron chi connectivity index (χ3n) is 9.20. The van der Waals surface area contributed by atoms with Gasteiger partial charge in [-0.2, -0.15) is 0 Å². The van der Waals surface area contributed by atoms with Gasteiger partial charge in [-0.3, -0.25) is 4.79 Å². The number of urea groups is 1. The molecule has 1 aliphatic carbocycles. The van der Waals surface area contributed by atoms with Gasteiger partial charge in [-0.15, -0.1) is 0 Å². The molecule has 0 unspecified atom stereocenters. The van der Waals surface area contributed by atoms with E-state index in [4.69, 9.17) is 9.47 Å². The van der Waals surface area contributed by atoms with E-state index < -0.39 is 17.9 Å². The summed E-state index contributed by atoms with van der Waals surface area (Å²) in [5.74, 6) is 0.469. The quantitative estimate of drug-likeness (QED) is 0.294. The summed E-state index contributed by atoms with van der Waals surface area (Å²) in [6.07, 6.45) is 8.95. The standard InChI is InChI=1S/C36H53FN4O5/c1-25-21-41(26(2)24-42)35(43)32-20-31(39-36(44)38-30-15-13-29(37)14-16-30)17-18-33(32)46-27(3)10-8-9-19-45-34(25)23-40(4)22-28-11-6-5-7-12-28/h13-18,20,25-28,34,42H,5-12,19,21-24H2,1-4H3,(H2,38,39,44)/t25-,26+,27-,34+/m1/s1. The summed E-state index contributed by atoms with van der Waals surface area (Å²) < 4.78 is 26.1. The number of fused-ring (bicyclic) bond motifs is 1. The van der Waals surface area contributed by atoms with Crippen molar-refractivity contribution in [2.24, 2.45) is 11.8 Å². The molecule has 1 aliphatic heterocycles. The summed E-state index contributed by atoms with van der Waals surface area (Å²) in [7, 11) is 2.17. The number of anilines is 2. The van der Waals surface area contributed by atoms with E-state index in [0.717, 1.165) is 38.3 Å². The third kappa shape index (κ3) is 10.7. The maximum Gasteiger partial charge on any atom is 0.323 e. The summed E-state index contributed by atoms with van der Waals surface area (Å²) in [6, 6.07) is 9.51. The van der Waals surface area contributed by atoms with Crippen LogP contribution in [-0.2, 0) is 4.74 Å². The molecule has 2 aromatic carbocycles. The fraction of sp³-hybridized carbons (Fsp3) is 0.611. The Morgan fingerprint density at radius 1 is 1.00 bits per heavy atom. The molecule has 0 aromatic heterocycles. The van der Waals surface area contributed by atoms with E-state index in [-0.39, 0.29) is 30.6 Å². The van der Waals surface area contributed by atoms with Gasteiger partial charge in [0.1, 0.15) is 11.6 Å². The zero-order valence-electron chi connectivity index (χ0n) is 28.0. The summed E-state index contributed by atoms with van der Waals surface area (Å²) in [6.45, 7) is 8.61. The number of rotatable bonds is 8. The number of halogens is 1. The molecule has 9 nitrogen and oxygen atoms in total. The van der Waals surface area contributed by atoms with E-state index in [1.54, 1.807) is 23.1 Å². The first-order valence-corrected chi connectivity index (χ1v) is 17.0. The minimum Gasteiger partial charge on any atom is -0.490 e. The highest BCUT2D eigenvalue weighted by Crippen LogP contribution is 2.29. The Hall–Kier alpha value is -3.21. The molecule has 4 atom stereocenters. The molecule has 46 heavy (non-hydrogen) atoms. The average molecular weight is 641 g/mol. The lowest BCUT2D eigenvalue weighted by atomic mass is 9.89. The first kappa shape index (κ1) is 35.6. The van der Waals surface area contributed by atoms with E-state index in [9.17, 15) is 19.1 Å². The zero-order chi connectivity index (χ0) is 33.1. The second-order valence-electron chi connectivity index (χ2n) is 13.3. The number of ether oxygens (including phenoxy) is 2. The molecule has 0 saturated heterocycles. The smallest absolute Gasteiger partial charge is 0.323 e. The minimum absolute atomic E-state index is 0.000725. The molecular weight excluding hydrogens is 587 g/mol. The SMILES string of the molecule is C[C@@H]1CCCCO[C@@H](CN(C)CC2CCCCC2)[C@H](C)CN([C@@H](C)CO)C(=O)c2cc(NC(=O)Nc3ccc(F)cc3)ccc2O1. The fourth-order valence-electron chi connectivity index (χ4n) is 6.48. The molecule has 2 aromatic rings. The van der Waals surface area contributed by atoms with Gasteiger partial charge < -0.3 is 35.0 Å². The molecule has 4 rings (SSSR count). The van der Waals surface area contributed by atoms with Crippen LogP contribution in [0.1, 0.15) is 82.5 Å². The number of aliphatic hydroxyl groups excluding tert-OH is 1. The Kier molecular flexibility index (Phi) is 13.7. The van der Waals surface area contributed by atoms with E-state index in [0.29, 0.717) is 35.8 Å². The van der Waals surface area contributed by atoms with Crippen LogP contribution in [0.4, 0.5) is 20.6 Å². The molecule has 3 N–H and O–H groups in total. The topological polar surface area (TPSA) is 103 Å². The molecule has 0 radical (unpaired) electrons. The van der Waals surface area contributed by atoms with Gasteiger partial charge in [0.25, 0.3) is 5.91 Å². The second kappa shape index (κ2) is 17.6. The van der Waals surface area contributed by atoms with Crippen molar-refractivity contribution < 1.29 is 28.6 Å². The van der Waals surface area contributed by atoms with Gasteiger partial charge in [0.05, 0.1) is 30.4 Å². The number of amides is 3. The molecule has 0 bridgehead atoms. The number of likely N-dealkylation sites (N-methyl/N-ethyl adjacent to an activating group) is 1.